The molecule has 0 aliphatic rings. The van der Waals surface area contributed by atoms with E-state index in [1.54, 1.807) is 0 Å². The molecule has 10 heteroatoms. The second kappa shape index (κ2) is 38.7. The predicted octanol–water partition coefficient (Wildman–Crippen LogP) is 12.9. The Balaban J connectivity index is 4.36. The van der Waals surface area contributed by atoms with Crippen LogP contribution in [-0.2, 0) is 32.7 Å². The number of esters is 2. The first-order valence-electron chi connectivity index (χ1n) is 22.7. The van der Waals surface area contributed by atoms with Crippen LogP contribution in [0.1, 0.15) is 194 Å². The largest absolute Gasteiger partial charge is 0.472 e. The first-order chi connectivity index (χ1) is 27.0. The van der Waals surface area contributed by atoms with E-state index in [0.717, 1.165) is 70.6 Å². The summed E-state index contributed by atoms with van der Waals surface area (Å²) in [5, 5.41) is 0. The summed E-state index contributed by atoms with van der Waals surface area (Å²) in [5.41, 5.74) is 0. The highest BCUT2D eigenvalue weighted by Crippen LogP contribution is 2.43. The molecule has 0 bridgehead atoms. The van der Waals surface area contributed by atoms with E-state index >= 15 is 0 Å². The number of allylic oxidation sites excluding steroid dienone is 6. The van der Waals surface area contributed by atoms with Crippen LogP contribution in [0.5, 0.6) is 0 Å². The highest BCUT2D eigenvalue weighted by atomic mass is 31.2. The van der Waals surface area contributed by atoms with E-state index in [1.165, 1.54) is 89.9 Å². The summed E-state index contributed by atoms with van der Waals surface area (Å²) in [6.07, 6.45) is 43.2. The summed E-state index contributed by atoms with van der Waals surface area (Å²) >= 11 is 0. The van der Waals surface area contributed by atoms with Gasteiger partial charge < -0.3 is 18.9 Å². The number of likely N-dealkylation sites (N-methyl/N-ethyl adjacent to an activating group) is 1. The lowest BCUT2D eigenvalue weighted by Gasteiger charge is -2.24. The molecule has 9 nitrogen and oxygen atoms in total. The van der Waals surface area contributed by atoms with Crippen molar-refractivity contribution < 1.29 is 42.1 Å². The first-order valence-corrected chi connectivity index (χ1v) is 24.2. The Morgan fingerprint density at radius 1 is 0.554 bits per heavy atom. The lowest BCUT2D eigenvalue weighted by molar-refractivity contribution is -0.870. The number of quaternary nitrogens is 1. The van der Waals surface area contributed by atoms with E-state index in [2.05, 4.69) is 50.3 Å². The number of rotatable bonds is 41. The maximum atomic E-state index is 12.7. The molecule has 56 heavy (non-hydrogen) atoms. The molecule has 0 radical (unpaired) electrons. The number of nitrogens with zero attached hydrogens (tertiary/aromatic N) is 1. The monoisotopic (exact) mass is 813 g/mol. The second-order valence-electron chi connectivity index (χ2n) is 16.4. The molecule has 0 aliphatic carbocycles. The van der Waals surface area contributed by atoms with Gasteiger partial charge in [-0.15, -0.1) is 0 Å². The smallest absolute Gasteiger partial charge is 0.462 e. The molecule has 0 aromatic rings. The van der Waals surface area contributed by atoms with Gasteiger partial charge in [0.15, 0.2) is 6.10 Å². The number of hydrogen-bond donors (Lipinski definition) is 1. The van der Waals surface area contributed by atoms with Crippen LogP contribution in [0.2, 0.25) is 0 Å². The zero-order valence-electron chi connectivity index (χ0n) is 36.9. The molecule has 0 amide bonds. The second-order valence-corrected chi connectivity index (χ2v) is 17.9. The van der Waals surface area contributed by atoms with Crippen LogP contribution in [0.15, 0.2) is 36.5 Å². The zero-order valence-corrected chi connectivity index (χ0v) is 37.8. The third-order valence-corrected chi connectivity index (χ3v) is 10.6. The third-order valence-electron chi connectivity index (χ3n) is 9.64. The molecular weight excluding hydrogens is 725 g/mol. The molecule has 2 atom stereocenters. The molecule has 0 fully saturated rings. The molecule has 0 aromatic heterocycles. The predicted molar refractivity (Wildman–Crippen MR) is 234 cm³/mol. The van der Waals surface area contributed by atoms with Crippen molar-refractivity contribution in [2.45, 2.75) is 200 Å². The summed E-state index contributed by atoms with van der Waals surface area (Å²) in [6.45, 7) is 4.38. The van der Waals surface area contributed by atoms with Crippen LogP contribution in [0.25, 0.3) is 0 Å². The van der Waals surface area contributed by atoms with E-state index < -0.39 is 26.5 Å². The number of phosphoric acid groups is 1. The number of carbonyl (C=O) groups excluding carboxylic acids is 2. The van der Waals surface area contributed by atoms with E-state index in [-0.39, 0.29) is 32.0 Å². The average molecular weight is 813 g/mol. The van der Waals surface area contributed by atoms with Crippen molar-refractivity contribution in [1.82, 2.24) is 0 Å². The van der Waals surface area contributed by atoms with E-state index in [9.17, 15) is 19.0 Å². The van der Waals surface area contributed by atoms with Crippen LogP contribution < -0.4 is 0 Å². The van der Waals surface area contributed by atoms with Gasteiger partial charge in [-0.1, -0.05) is 147 Å². The van der Waals surface area contributed by atoms with Gasteiger partial charge in [0.1, 0.15) is 19.8 Å². The first kappa shape index (κ1) is 54.2. The van der Waals surface area contributed by atoms with Crippen LogP contribution in [0.3, 0.4) is 0 Å². The van der Waals surface area contributed by atoms with Gasteiger partial charge in [0.2, 0.25) is 0 Å². The summed E-state index contributed by atoms with van der Waals surface area (Å²) in [6, 6.07) is 0. The Bertz CT molecular complexity index is 1050. The molecule has 0 heterocycles. The molecule has 0 rings (SSSR count). The van der Waals surface area contributed by atoms with E-state index in [0.29, 0.717) is 17.4 Å². The van der Waals surface area contributed by atoms with Gasteiger partial charge in [-0.3, -0.25) is 18.6 Å². The van der Waals surface area contributed by atoms with Crippen molar-refractivity contribution >= 4 is 19.8 Å². The highest BCUT2D eigenvalue weighted by molar-refractivity contribution is 7.47. The van der Waals surface area contributed by atoms with Crippen LogP contribution in [-0.4, -0.2) is 74.9 Å². The lowest BCUT2D eigenvalue weighted by atomic mass is 10.1. The fourth-order valence-corrected chi connectivity index (χ4v) is 6.78. The van der Waals surface area contributed by atoms with Gasteiger partial charge in [-0.25, -0.2) is 4.57 Å². The summed E-state index contributed by atoms with van der Waals surface area (Å²) in [7, 11) is 1.47. The Morgan fingerprint density at radius 3 is 1.46 bits per heavy atom. The lowest BCUT2D eigenvalue weighted by Crippen LogP contribution is -2.37. The molecule has 0 saturated carbocycles. The SMILES string of the molecule is CCCCC/C=C\C/C=C\CCCCCCCCCC(=O)OC[C@H](COP(=O)(O)OCC[N+](C)(C)C)OC(=O)CCCCCCC/C=C\CCCCCCCC. The van der Waals surface area contributed by atoms with Crippen LogP contribution in [0.4, 0.5) is 0 Å². The van der Waals surface area contributed by atoms with Crippen molar-refractivity contribution in [2.24, 2.45) is 0 Å². The van der Waals surface area contributed by atoms with Crippen LogP contribution >= 0.6 is 7.82 Å². The summed E-state index contributed by atoms with van der Waals surface area (Å²) in [5.74, 6) is -0.815. The molecule has 0 saturated heterocycles. The Morgan fingerprint density at radius 2 is 0.964 bits per heavy atom. The van der Waals surface area contributed by atoms with E-state index in [4.69, 9.17) is 18.5 Å². The minimum Gasteiger partial charge on any atom is -0.462 e. The van der Waals surface area contributed by atoms with Crippen LogP contribution in [0, 0.1) is 0 Å². The number of ether oxygens (including phenoxy) is 2. The van der Waals surface area contributed by atoms with Gasteiger partial charge in [0.25, 0.3) is 0 Å². The van der Waals surface area contributed by atoms with Crippen molar-refractivity contribution in [3.63, 3.8) is 0 Å². The Hall–Kier alpha value is -1.77. The zero-order chi connectivity index (χ0) is 41.4. The quantitative estimate of drug-likeness (QED) is 0.0214. The number of phosphoric ester groups is 1. The summed E-state index contributed by atoms with van der Waals surface area (Å²) in [4.78, 5) is 35.4. The van der Waals surface area contributed by atoms with Gasteiger partial charge in [0, 0.05) is 12.8 Å². The molecule has 1 unspecified atom stereocenters. The normalized spacial score (nSPS) is 13.9. The minimum atomic E-state index is -4.38. The molecule has 0 spiro atoms. The highest BCUT2D eigenvalue weighted by Gasteiger charge is 2.27. The fraction of sp³-hybridized carbons (Fsp3) is 0.826. The summed E-state index contributed by atoms with van der Waals surface area (Å²) < 4.78 is 34.3. The maximum Gasteiger partial charge on any atom is 0.472 e. The Kier molecular flexibility index (Phi) is 37.5. The number of hydrogen-bond acceptors (Lipinski definition) is 7. The van der Waals surface area contributed by atoms with Crippen molar-refractivity contribution in [1.29, 1.82) is 0 Å². The molecule has 0 aromatic carbocycles. The van der Waals surface area contributed by atoms with E-state index in [1.807, 2.05) is 21.1 Å². The topological polar surface area (TPSA) is 108 Å². The molecule has 1 N–H and O–H groups in total. The van der Waals surface area contributed by atoms with Crippen molar-refractivity contribution in [3.05, 3.63) is 36.5 Å². The third kappa shape index (κ3) is 41.9. The number of unbranched alkanes of at least 4 members (excludes halogenated alkanes) is 21. The van der Waals surface area contributed by atoms with Gasteiger partial charge in [-0.05, 0) is 70.6 Å². The Labute approximate surface area is 344 Å². The van der Waals surface area contributed by atoms with Gasteiger partial charge in [-0.2, -0.15) is 0 Å². The standard InChI is InChI=1S/C46H86NO8P/c1-6-8-10-12-14-16-18-20-22-23-25-26-28-30-32-34-36-38-45(48)52-42-44(43-54-56(50,51)53-41-40-47(3,4)5)55-46(49)39-37-35-33-31-29-27-24-21-19-17-15-13-11-9-7-2/h14,16,20-22,24,44H,6-13,15,17-19,23,25-43H2,1-5H3/p+1/b16-14-,22-20-,24-21-/t44-/m1/s1. The average Bonchev–Trinajstić information content (AvgIpc) is 3.15. The van der Waals surface area contributed by atoms with Crippen molar-refractivity contribution in [3.8, 4) is 0 Å². The maximum absolute atomic E-state index is 12.7. The molecule has 328 valence electrons. The minimum absolute atomic E-state index is 0.0287. The van der Waals surface area contributed by atoms with Crippen molar-refractivity contribution in [2.75, 3.05) is 47.5 Å². The number of carbonyl (C=O) groups is 2. The fourth-order valence-electron chi connectivity index (χ4n) is 6.04. The molecule has 0 aliphatic heterocycles. The van der Waals surface area contributed by atoms with Gasteiger partial charge in [0.05, 0.1) is 27.7 Å². The van der Waals surface area contributed by atoms with Gasteiger partial charge >= 0.3 is 19.8 Å². The molecular formula is C46H87NO8P+.